The van der Waals surface area contributed by atoms with Crippen LogP contribution < -0.4 is 4.74 Å². The van der Waals surface area contributed by atoms with Crippen LogP contribution in [0.1, 0.15) is 23.5 Å². The Morgan fingerprint density at radius 3 is 3.00 bits per heavy atom. The third kappa shape index (κ3) is 3.88. The van der Waals surface area contributed by atoms with Gasteiger partial charge in [-0.3, -0.25) is 19.5 Å². The van der Waals surface area contributed by atoms with Crippen molar-refractivity contribution >= 4 is 0 Å². The Kier molecular flexibility index (Phi) is 4.88. The zero-order valence-electron chi connectivity index (χ0n) is 14.8. The second-order valence-corrected chi connectivity index (χ2v) is 6.52. The van der Waals surface area contributed by atoms with E-state index in [0.29, 0.717) is 12.5 Å². The van der Waals surface area contributed by atoms with Crippen LogP contribution in [-0.4, -0.2) is 42.3 Å². The van der Waals surface area contributed by atoms with Crippen LogP contribution in [0.5, 0.6) is 5.88 Å². The van der Waals surface area contributed by atoms with Gasteiger partial charge in [0.05, 0.1) is 17.1 Å². The average molecular weight is 350 g/mol. The molecule has 4 heterocycles. The highest BCUT2D eigenvalue weighted by Gasteiger charge is 2.25. The minimum Gasteiger partial charge on any atom is -0.476 e. The minimum absolute atomic E-state index is 0.251. The molecule has 7 heteroatoms. The lowest BCUT2D eigenvalue weighted by atomic mass is 10.2. The first-order valence-corrected chi connectivity index (χ1v) is 8.84. The van der Waals surface area contributed by atoms with E-state index in [2.05, 4.69) is 35.7 Å². The van der Waals surface area contributed by atoms with E-state index in [0.717, 1.165) is 37.4 Å². The molecule has 0 amide bonds. The summed E-state index contributed by atoms with van der Waals surface area (Å²) >= 11 is 0. The monoisotopic (exact) mass is 350 g/mol. The molecule has 1 aliphatic rings. The predicted octanol–water partition coefficient (Wildman–Crippen LogP) is 2.23. The molecule has 0 N–H and O–H groups in total. The molecule has 1 aliphatic heterocycles. The molecule has 4 rings (SSSR count). The van der Waals surface area contributed by atoms with E-state index in [1.54, 1.807) is 12.4 Å². The van der Waals surface area contributed by atoms with Gasteiger partial charge in [0.15, 0.2) is 0 Å². The van der Waals surface area contributed by atoms with Crippen molar-refractivity contribution in [2.45, 2.75) is 39.0 Å². The number of hydrogen-bond acceptors (Lipinski definition) is 6. The fourth-order valence-electron chi connectivity index (χ4n) is 3.27. The maximum atomic E-state index is 5.95. The zero-order chi connectivity index (χ0) is 17.8. The number of ether oxygens (including phenoxy) is 1. The summed E-state index contributed by atoms with van der Waals surface area (Å²) in [5, 5.41) is 4.43. The SMILES string of the molecule is Cc1cncc(CN2Cc3ccnn3CC[C@H]2COc2ccccn2)n1. The lowest BCUT2D eigenvalue weighted by Gasteiger charge is -2.29. The van der Waals surface area contributed by atoms with Crippen molar-refractivity contribution in [2.24, 2.45) is 0 Å². The maximum Gasteiger partial charge on any atom is 0.213 e. The highest BCUT2D eigenvalue weighted by molar-refractivity contribution is 5.10. The summed E-state index contributed by atoms with van der Waals surface area (Å²) in [4.78, 5) is 15.5. The molecule has 0 saturated carbocycles. The standard InChI is InChI=1S/C19H22N6O/c1-15-10-20-11-16(23-15)12-24-13-17-5-8-22-25(17)9-6-18(24)14-26-19-4-2-3-7-21-19/h2-5,7-8,10-11,18H,6,9,12-14H2,1H3/t18-/m0/s1. The van der Waals surface area contributed by atoms with Gasteiger partial charge in [0.25, 0.3) is 0 Å². The predicted molar refractivity (Wildman–Crippen MR) is 96.4 cm³/mol. The van der Waals surface area contributed by atoms with Crippen molar-refractivity contribution in [1.29, 1.82) is 0 Å². The highest BCUT2D eigenvalue weighted by Crippen LogP contribution is 2.20. The third-order valence-corrected chi connectivity index (χ3v) is 4.59. The van der Waals surface area contributed by atoms with Crippen LogP contribution >= 0.6 is 0 Å². The molecule has 1 atom stereocenters. The Morgan fingerprint density at radius 2 is 2.15 bits per heavy atom. The van der Waals surface area contributed by atoms with Crippen LogP contribution in [0.15, 0.2) is 49.1 Å². The minimum atomic E-state index is 0.251. The summed E-state index contributed by atoms with van der Waals surface area (Å²) in [5.41, 5.74) is 3.12. The summed E-state index contributed by atoms with van der Waals surface area (Å²) in [7, 11) is 0. The second-order valence-electron chi connectivity index (χ2n) is 6.52. The Balaban J connectivity index is 1.52. The molecule has 0 spiro atoms. The topological polar surface area (TPSA) is 69.0 Å². The van der Waals surface area contributed by atoms with Gasteiger partial charge < -0.3 is 4.74 Å². The highest BCUT2D eigenvalue weighted by atomic mass is 16.5. The summed E-state index contributed by atoms with van der Waals surface area (Å²) in [6, 6.07) is 8.04. The number of aromatic nitrogens is 5. The normalized spacial score (nSPS) is 17.5. The number of pyridine rings is 1. The average Bonchev–Trinajstić information content (AvgIpc) is 3.03. The lowest BCUT2D eigenvalue weighted by molar-refractivity contribution is 0.114. The molecule has 3 aromatic heterocycles. The van der Waals surface area contributed by atoms with E-state index in [9.17, 15) is 0 Å². The van der Waals surface area contributed by atoms with Crippen LogP contribution in [0, 0.1) is 6.92 Å². The number of rotatable bonds is 5. The molecule has 0 bridgehead atoms. The van der Waals surface area contributed by atoms with E-state index in [-0.39, 0.29) is 6.04 Å². The van der Waals surface area contributed by atoms with Crippen molar-refractivity contribution < 1.29 is 4.74 Å². The fraction of sp³-hybridized carbons (Fsp3) is 0.368. The van der Waals surface area contributed by atoms with Gasteiger partial charge in [-0.15, -0.1) is 0 Å². The first-order valence-electron chi connectivity index (χ1n) is 8.84. The maximum absolute atomic E-state index is 5.95. The van der Waals surface area contributed by atoms with Crippen LogP contribution in [0.4, 0.5) is 0 Å². The molecule has 0 aromatic carbocycles. The number of fused-ring (bicyclic) bond motifs is 1. The van der Waals surface area contributed by atoms with E-state index in [1.165, 1.54) is 5.69 Å². The molecule has 0 saturated heterocycles. The summed E-state index contributed by atoms with van der Waals surface area (Å²) in [6.07, 6.45) is 8.19. The number of nitrogens with zero attached hydrogens (tertiary/aromatic N) is 6. The molecule has 0 radical (unpaired) electrons. The lowest BCUT2D eigenvalue weighted by Crippen LogP contribution is -2.38. The first kappa shape index (κ1) is 16.7. The van der Waals surface area contributed by atoms with E-state index < -0.39 is 0 Å². The van der Waals surface area contributed by atoms with Gasteiger partial charge in [0, 0.05) is 56.5 Å². The van der Waals surface area contributed by atoms with Crippen LogP contribution in [0.25, 0.3) is 0 Å². The van der Waals surface area contributed by atoms with Gasteiger partial charge in [-0.1, -0.05) is 6.07 Å². The summed E-state index contributed by atoms with van der Waals surface area (Å²) in [5.74, 6) is 0.657. The molecular weight excluding hydrogens is 328 g/mol. The number of hydrogen-bond donors (Lipinski definition) is 0. The fourth-order valence-corrected chi connectivity index (χ4v) is 3.27. The third-order valence-electron chi connectivity index (χ3n) is 4.59. The molecule has 0 fully saturated rings. The van der Waals surface area contributed by atoms with Gasteiger partial charge in [-0.25, -0.2) is 4.98 Å². The molecule has 3 aromatic rings. The van der Waals surface area contributed by atoms with E-state index in [4.69, 9.17) is 4.74 Å². The molecular formula is C19H22N6O. The van der Waals surface area contributed by atoms with Crippen molar-refractivity contribution in [3.8, 4) is 5.88 Å². The summed E-state index contributed by atoms with van der Waals surface area (Å²) in [6.45, 7) is 4.98. The number of aryl methyl sites for hydroxylation is 2. The molecule has 7 nitrogen and oxygen atoms in total. The summed E-state index contributed by atoms with van der Waals surface area (Å²) < 4.78 is 8.03. The zero-order valence-corrected chi connectivity index (χ0v) is 14.8. The van der Waals surface area contributed by atoms with Gasteiger partial charge >= 0.3 is 0 Å². The van der Waals surface area contributed by atoms with Crippen LogP contribution in [0.3, 0.4) is 0 Å². The van der Waals surface area contributed by atoms with Crippen molar-refractivity contribution in [2.75, 3.05) is 6.61 Å². The smallest absolute Gasteiger partial charge is 0.213 e. The Hall–Kier alpha value is -2.80. The van der Waals surface area contributed by atoms with Crippen molar-refractivity contribution in [3.63, 3.8) is 0 Å². The Labute approximate surface area is 152 Å². The quantitative estimate of drug-likeness (QED) is 0.703. The first-order chi connectivity index (χ1) is 12.8. The Bertz CT molecular complexity index is 850. The van der Waals surface area contributed by atoms with Crippen LogP contribution in [-0.2, 0) is 19.6 Å². The molecule has 134 valence electrons. The van der Waals surface area contributed by atoms with Crippen LogP contribution in [0.2, 0.25) is 0 Å². The Morgan fingerprint density at radius 1 is 1.19 bits per heavy atom. The van der Waals surface area contributed by atoms with Gasteiger partial charge in [0.1, 0.15) is 6.61 Å². The van der Waals surface area contributed by atoms with Gasteiger partial charge in [-0.2, -0.15) is 5.10 Å². The second kappa shape index (κ2) is 7.61. The van der Waals surface area contributed by atoms with Crippen molar-refractivity contribution in [3.05, 3.63) is 66.1 Å². The largest absolute Gasteiger partial charge is 0.476 e. The van der Waals surface area contributed by atoms with E-state index in [1.807, 2.05) is 37.5 Å². The van der Waals surface area contributed by atoms with E-state index >= 15 is 0 Å². The van der Waals surface area contributed by atoms with Gasteiger partial charge in [0.2, 0.25) is 5.88 Å². The molecule has 26 heavy (non-hydrogen) atoms. The molecule has 0 aliphatic carbocycles. The molecule has 0 unspecified atom stereocenters. The van der Waals surface area contributed by atoms with Crippen molar-refractivity contribution in [1.82, 2.24) is 29.6 Å². The van der Waals surface area contributed by atoms with Gasteiger partial charge in [-0.05, 0) is 25.5 Å².